The van der Waals surface area contributed by atoms with E-state index in [1.807, 2.05) is 0 Å². The van der Waals surface area contributed by atoms with Gasteiger partial charge < -0.3 is 15.6 Å². The Balaban J connectivity index is 3.88. The molecule has 4 nitrogen and oxygen atoms in total. The molecule has 96 valence electrons. The summed E-state index contributed by atoms with van der Waals surface area (Å²) in [5.74, 6) is 0.210. The van der Waals surface area contributed by atoms with Gasteiger partial charge in [-0.1, -0.05) is 13.8 Å². The number of nitrogens with two attached hydrogens (primary N) is 1. The SMILES string of the molecule is CC(C)OC(=O)C(O)C(N)CCSC(C)C. The first-order valence-corrected chi connectivity index (χ1v) is 6.65. The van der Waals surface area contributed by atoms with Crippen LogP contribution in [-0.4, -0.2) is 40.3 Å². The highest BCUT2D eigenvalue weighted by molar-refractivity contribution is 7.99. The van der Waals surface area contributed by atoms with E-state index in [0.717, 1.165) is 5.75 Å². The lowest BCUT2D eigenvalue weighted by atomic mass is 10.1. The number of hydrogen-bond acceptors (Lipinski definition) is 5. The van der Waals surface area contributed by atoms with E-state index in [0.29, 0.717) is 11.7 Å². The highest BCUT2D eigenvalue weighted by Crippen LogP contribution is 2.12. The van der Waals surface area contributed by atoms with Crippen LogP contribution in [0, 0.1) is 0 Å². The summed E-state index contributed by atoms with van der Waals surface area (Å²) in [6.45, 7) is 7.68. The fraction of sp³-hybridized carbons (Fsp3) is 0.909. The van der Waals surface area contributed by atoms with Gasteiger partial charge in [-0.3, -0.25) is 0 Å². The molecule has 0 spiro atoms. The molecule has 0 aliphatic carbocycles. The summed E-state index contributed by atoms with van der Waals surface area (Å²) in [4.78, 5) is 11.3. The van der Waals surface area contributed by atoms with Crippen molar-refractivity contribution in [1.29, 1.82) is 0 Å². The summed E-state index contributed by atoms with van der Waals surface area (Å²) in [5, 5.41) is 10.1. The van der Waals surface area contributed by atoms with Crippen molar-refractivity contribution in [3.05, 3.63) is 0 Å². The summed E-state index contributed by atoms with van der Waals surface area (Å²) in [7, 11) is 0. The third-order valence-corrected chi connectivity index (χ3v) is 3.04. The second-order valence-electron chi connectivity index (χ2n) is 4.30. The largest absolute Gasteiger partial charge is 0.461 e. The normalized spacial score (nSPS) is 15.2. The van der Waals surface area contributed by atoms with Gasteiger partial charge in [0.05, 0.1) is 6.10 Å². The molecule has 16 heavy (non-hydrogen) atoms. The van der Waals surface area contributed by atoms with Crippen LogP contribution in [0.25, 0.3) is 0 Å². The fourth-order valence-electron chi connectivity index (χ4n) is 1.07. The van der Waals surface area contributed by atoms with Crippen LogP contribution in [0.2, 0.25) is 0 Å². The monoisotopic (exact) mass is 249 g/mol. The van der Waals surface area contributed by atoms with Crippen molar-refractivity contribution in [2.24, 2.45) is 5.73 Å². The molecule has 0 heterocycles. The zero-order valence-corrected chi connectivity index (χ0v) is 11.3. The average Bonchev–Trinajstić information content (AvgIpc) is 2.14. The highest BCUT2D eigenvalue weighted by atomic mass is 32.2. The van der Waals surface area contributed by atoms with Crippen LogP contribution < -0.4 is 5.73 Å². The van der Waals surface area contributed by atoms with Crippen LogP contribution in [0.3, 0.4) is 0 Å². The number of esters is 1. The molecular formula is C11H23NO3S. The van der Waals surface area contributed by atoms with Gasteiger partial charge in [0.25, 0.3) is 0 Å². The van der Waals surface area contributed by atoms with Crippen molar-refractivity contribution in [1.82, 2.24) is 0 Å². The van der Waals surface area contributed by atoms with Gasteiger partial charge in [0, 0.05) is 6.04 Å². The molecule has 0 aliphatic heterocycles. The van der Waals surface area contributed by atoms with E-state index in [9.17, 15) is 9.90 Å². The van der Waals surface area contributed by atoms with E-state index in [2.05, 4.69) is 13.8 Å². The minimum Gasteiger partial charge on any atom is -0.461 e. The summed E-state index contributed by atoms with van der Waals surface area (Å²) < 4.78 is 4.88. The third-order valence-electron chi connectivity index (χ3n) is 1.90. The lowest BCUT2D eigenvalue weighted by Crippen LogP contribution is -2.42. The number of hydrogen-bond donors (Lipinski definition) is 2. The number of ether oxygens (including phenoxy) is 1. The van der Waals surface area contributed by atoms with E-state index in [1.165, 1.54) is 0 Å². The minimum absolute atomic E-state index is 0.223. The zero-order valence-electron chi connectivity index (χ0n) is 10.5. The molecule has 0 radical (unpaired) electrons. The van der Waals surface area contributed by atoms with Crippen LogP contribution in [-0.2, 0) is 9.53 Å². The summed E-state index contributed by atoms with van der Waals surface area (Å²) in [6, 6.07) is -0.544. The lowest BCUT2D eigenvalue weighted by molar-refractivity contribution is -0.158. The zero-order chi connectivity index (χ0) is 12.7. The molecule has 0 aliphatic rings. The molecule has 0 bridgehead atoms. The van der Waals surface area contributed by atoms with Crippen molar-refractivity contribution >= 4 is 17.7 Å². The van der Waals surface area contributed by atoms with Crippen molar-refractivity contribution in [2.45, 2.75) is 57.6 Å². The Morgan fingerprint density at radius 2 is 1.94 bits per heavy atom. The summed E-state index contributed by atoms with van der Waals surface area (Å²) in [5.41, 5.74) is 5.72. The first-order valence-electron chi connectivity index (χ1n) is 5.60. The number of rotatable bonds is 7. The number of aliphatic hydroxyl groups is 1. The maximum absolute atomic E-state index is 11.3. The van der Waals surface area contributed by atoms with Gasteiger partial charge in [-0.2, -0.15) is 11.8 Å². The van der Waals surface area contributed by atoms with Crippen molar-refractivity contribution in [2.75, 3.05) is 5.75 Å². The highest BCUT2D eigenvalue weighted by Gasteiger charge is 2.24. The molecular weight excluding hydrogens is 226 g/mol. The quantitative estimate of drug-likeness (QED) is 0.662. The van der Waals surface area contributed by atoms with Crippen LogP contribution in [0.5, 0.6) is 0 Å². The lowest BCUT2D eigenvalue weighted by Gasteiger charge is -2.19. The van der Waals surface area contributed by atoms with Crippen LogP contribution in [0.4, 0.5) is 0 Å². The van der Waals surface area contributed by atoms with Crippen molar-refractivity contribution in [3.8, 4) is 0 Å². The molecule has 0 saturated carbocycles. The maximum Gasteiger partial charge on any atom is 0.336 e. The predicted molar refractivity (Wildman–Crippen MR) is 67.4 cm³/mol. The van der Waals surface area contributed by atoms with E-state index >= 15 is 0 Å². The topological polar surface area (TPSA) is 72.5 Å². The number of carbonyl (C=O) groups is 1. The molecule has 2 unspecified atom stereocenters. The van der Waals surface area contributed by atoms with E-state index < -0.39 is 18.1 Å². The van der Waals surface area contributed by atoms with E-state index in [1.54, 1.807) is 25.6 Å². The number of carbonyl (C=O) groups excluding carboxylic acids is 1. The maximum atomic E-state index is 11.3. The van der Waals surface area contributed by atoms with Gasteiger partial charge in [-0.05, 0) is 31.3 Å². The van der Waals surface area contributed by atoms with Gasteiger partial charge in [0.2, 0.25) is 0 Å². The Kier molecular flexibility index (Phi) is 7.80. The molecule has 2 atom stereocenters. The number of aliphatic hydroxyl groups excluding tert-OH is 1. The molecule has 0 aromatic carbocycles. The van der Waals surface area contributed by atoms with Gasteiger partial charge in [0.15, 0.2) is 6.10 Å². The Morgan fingerprint density at radius 3 is 2.38 bits per heavy atom. The molecule has 0 aromatic heterocycles. The smallest absolute Gasteiger partial charge is 0.336 e. The average molecular weight is 249 g/mol. The van der Waals surface area contributed by atoms with Crippen molar-refractivity contribution < 1.29 is 14.6 Å². The molecule has 0 amide bonds. The Bertz CT molecular complexity index is 209. The van der Waals surface area contributed by atoms with Crippen LogP contribution in [0.15, 0.2) is 0 Å². The summed E-state index contributed by atoms with van der Waals surface area (Å²) in [6.07, 6.45) is -0.827. The molecule has 3 N–H and O–H groups in total. The standard InChI is InChI=1S/C11H23NO3S/c1-7(2)15-11(14)10(13)9(12)5-6-16-8(3)4/h7-10,13H,5-6,12H2,1-4H3. The Morgan fingerprint density at radius 1 is 1.38 bits per heavy atom. The van der Waals surface area contributed by atoms with Gasteiger partial charge >= 0.3 is 5.97 Å². The van der Waals surface area contributed by atoms with E-state index in [4.69, 9.17) is 10.5 Å². The van der Waals surface area contributed by atoms with Crippen LogP contribution >= 0.6 is 11.8 Å². The Hall–Kier alpha value is -0.260. The predicted octanol–water partition coefficient (Wildman–Crippen LogP) is 1.16. The molecule has 5 heteroatoms. The summed E-state index contributed by atoms with van der Waals surface area (Å²) >= 11 is 1.76. The minimum atomic E-state index is -1.21. The van der Waals surface area contributed by atoms with Crippen molar-refractivity contribution in [3.63, 3.8) is 0 Å². The van der Waals surface area contributed by atoms with Crippen LogP contribution in [0.1, 0.15) is 34.1 Å². The molecule has 0 saturated heterocycles. The molecule has 0 fully saturated rings. The van der Waals surface area contributed by atoms with Gasteiger partial charge in [0.1, 0.15) is 0 Å². The Labute approximate surface area is 102 Å². The first-order chi connectivity index (χ1) is 7.34. The van der Waals surface area contributed by atoms with E-state index in [-0.39, 0.29) is 6.10 Å². The van der Waals surface area contributed by atoms with Gasteiger partial charge in [-0.25, -0.2) is 4.79 Å². The fourth-order valence-corrected chi connectivity index (χ4v) is 1.95. The number of thioether (sulfide) groups is 1. The third kappa shape index (κ3) is 7.09. The molecule has 0 aromatic rings. The second kappa shape index (κ2) is 7.92. The second-order valence-corrected chi connectivity index (χ2v) is 5.99. The van der Waals surface area contributed by atoms with Gasteiger partial charge in [-0.15, -0.1) is 0 Å². The molecule has 0 rings (SSSR count). The first kappa shape index (κ1) is 15.7.